The van der Waals surface area contributed by atoms with Crippen molar-refractivity contribution in [3.05, 3.63) is 53.1 Å². The molecule has 0 aliphatic heterocycles. The van der Waals surface area contributed by atoms with E-state index in [1.54, 1.807) is 26.4 Å². The van der Waals surface area contributed by atoms with Gasteiger partial charge in [0.1, 0.15) is 29.9 Å². The quantitative estimate of drug-likeness (QED) is 0.761. The number of ether oxygens (including phenoxy) is 2. The van der Waals surface area contributed by atoms with Crippen LogP contribution in [-0.4, -0.2) is 25.9 Å². The van der Waals surface area contributed by atoms with E-state index in [1.165, 1.54) is 0 Å². The predicted molar refractivity (Wildman–Crippen MR) is 86.6 cm³/mol. The van der Waals surface area contributed by atoms with E-state index in [9.17, 15) is 5.11 Å². The summed E-state index contributed by atoms with van der Waals surface area (Å²) in [5, 5.41) is 21.0. The average molecular weight is 313 g/mol. The highest BCUT2D eigenvalue weighted by Gasteiger charge is 2.11. The maximum absolute atomic E-state index is 9.75. The molecule has 3 N–H and O–H groups in total. The Morgan fingerprint density at radius 1 is 1.09 bits per heavy atom. The maximum Gasteiger partial charge on any atom is 0.137 e. The monoisotopic (exact) mass is 313 g/mol. The summed E-state index contributed by atoms with van der Waals surface area (Å²) in [6.45, 7) is 1.54. The Labute approximate surface area is 136 Å². The zero-order chi connectivity index (χ0) is 16.7. The van der Waals surface area contributed by atoms with Crippen molar-refractivity contribution < 1.29 is 19.9 Å². The van der Waals surface area contributed by atoms with Crippen LogP contribution in [0.2, 0.25) is 0 Å². The molecule has 0 fully saturated rings. The van der Waals surface area contributed by atoms with Gasteiger partial charge in [-0.15, -0.1) is 0 Å². The first-order valence-corrected chi connectivity index (χ1v) is 7.43. The lowest BCUT2D eigenvalue weighted by Crippen LogP contribution is -2.83. The molecule has 0 aromatic heterocycles. The third-order valence-electron chi connectivity index (χ3n) is 3.70. The normalized spacial score (nSPS) is 10.1. The minimum Gasteiger partial charge on any atom is -0.507 e. The molecular weight excluding hydrogens is 292 g/mol. The van der Waals surface area contributed by atoms with E-state index < -0.39 is 0 Å². The van der Waals surface area contributed by atoms with Crippen molar-refractivity contribution in [3.8, 4) is 23.3 Å². The van der Waals surface area contributed by atoms with Crippen LogP contribution in [0.3, 0.4) is 0 Å². The summed E-state index contributed by atoms with van der Waals surface area (Å²) in [4.78, 5) is 0. The fraction of sp³-hybridized carbons (Fsp3) is 0.278. The molecule has 0 amide bonds. The molecule has 0 heterocycles. The molecule has 2 rings (SSSR count). The molecule has 0 saturated carbocycles. The first kappa shape index (κ1) is 16.7. The van der Waals surface area contributed by atoms with E-state index in [0.29, 0.717) is 29.4 Å². The Morgan fingerprint density at radius 3 is 2.48 bits per heavy atom. The number of methoxy groups -OCH3 is 2. The standard InChI is InChI=1S/C18H20N2O3/c1-22-17-10-15(11-19)18(23-2)9-13(17)7-8-20-12-14-5-3-4-6-16(14)21/h3-6,9-10,20-21H,7-8,12H2,1-2H3/p+1. The summed E-state index contributed by atoms with van der Waals surface area (Å²) in [6, 6.07) is 13.0. The molecule has 0 aliphatic rings. The Balaban J connectivity index is 2.00. The first-order chi connectivity index (χ1) is 11.2. The second kappa shape index (κ2) is 8.06. The van der Waals surface area contributed by atoms with Gasteiger partial charge in [0, 0.05) is 23.6 Å². The van der Waals surface area contributed by atoms with Gasteiger partial charge in [-0.2, -0.15) is 5.26 Å². The average Bonchev–Trinajstić information content (AvgIpc) is 2.59. The zero-order valence-electron chi connectivity index (χ0n) is 13.4. The highest BCUT2D eigenvalue weighted by atomic mass is 16.5. The second-order valence-electron chi connectivity index (χ2n) is 5.14. The lowest BCUT2D eigenvalue weighted by Gasteiger charge is -2.11. The third kappa shape index (κ3) is 4.15. The lowest BCUT2D eigenvalue weighted by atomic mass is 10.1. The number of phenols is 1. The Kier molecular flexibility index (Phi) is 5.84. The number of aromatic hydroxyl groups is 1. The van der Waals surface area contributed by atoms with Crippen molar-refractivity contribution in [2.24, 2.45) is 0 Å². The van der Waals surface area contributed by atoms with Gasteiger partial charge in [0.25, 0.3) is 0 Å². The van der Waals surface area contributed by atoms with Crippen molar-refractivity contribution in [1.82, 2.24) is 0 Å². The number of rotatable bonds is 7. The molecule has 23 heavy (non-hydrogen) atoms. The number of nitrogens with zero attached hydrogens (tertiary/aromatic N) is 1. The fourth-order valence-corrected chi connectivity index (χ4v) is 2.44. The number of quaternary nitrogens is 1. The van der Waals surface area contributed by atoms with Crippen molar-refractivity contribution in [1.29, 1.82) is 5.26 Å². The van der Waals surface area contributed by atoms with Gasteiger partial charge < -0.3 is 19.9 Å². The van der Waals surface area contributed by atoms with Crippen LogP contribution < -0.4 is 14.8 Å². The Morgan fingerprint density at radius 2 is 1.83 bits per heavy atom. The molecule has 5 heteroatoms. The van der Waals surface area contributed by atoms with Gasteiger partial charge in [-0.3, -0.25) is 0 Å². The maximum atomic E-state index is 9.75. The van der Waals surface area contributed by atoms with Crippen LogP contribution in [0.25, 0.3) is 0 Å². The minimum absolute atomic E-state index is 0.321. The van der Waals surface area contributed by atoms with Crippen molar-refractivity contribution in [2.45, 2.75) is 13.0 Å². The van der Waals surface area contributed by atoms with Crippen LogP contribution in [0.4, 0.5) is 0 Å². The lowest BCUT2D eigenvalue weighted by molar-refractivity contribution is -0.670. The minimum atomic E-state index is 0.321. The molecule has 2 aromatic carbocycles. The van der Waals surface area contributed by atoms with Crippen LogP contribution in [-0.2, 0) is 13.0 Å². The summed E-state index contributed by atoms with van der Waals surface area (Å²) in [5.41, 5.74) is 2.38. The molecule has 0 spiro atoms. The summed E-state index contributed by atoms with van der Waals surface area (Å²) in [6.07, 6.45) is 0.777. The van der Waals surface area contributed by atoms with E-state index >= 15 is 0 Å². The number of benzene rings is 2. The van der Waals surface area contributed by atoms with Crippen LogP contribution in [0.1, 0.15) is 16.7 Å². The number of phenolic OH excluding ortho intramolecular Hbond substituents is 1. The largest absolute Gasteiger partial charge is 0.507 e. The molecular formula is C18H21N2O3+. The molecule has 0 bridgehead atoms. The highest BCUT2D eigenvalue weighted by Crippen LogP contribution is 2.28. The van der Waals surface area contributed by atoms with Gasteiger partial charge in [-0.25, -0.2) is 0 Å². The summed E-state index contributed by atoms with van der Waals surface area (Å²) in [5.74, 6) is 1.57. The van der Waals surface area contributed by atoms with E-state index in [0.717, 1.165) is 24.1 Å². The number of hydrogen-bond donors (Lipinski definition) is 2. The smallest absolute Gasteiger partial charge is 0.137 e. The number of para-hydroxylation sites is 1. The summed E-state index contributed by atoms with van der Waals surface area (Å²) in [7, 11) is 3.15. The number of nitriles is 1. The van der Waals surface area contributed by atoms with Gasteiger partial charge in [0.2, 0.25) is 0 Å². The Hall–Kier alpha value is -2.71. The van der Waals surface area contributed by atoms with E-state index in [2.05, 4.69) is 11.4 Å². The van der Waals surface area contributed by atoms with Crippen LogP contribution >= 0.6 is 0 Å². The topological polar surface area (TPSA) is 79.1 Å². The van der Waals surface area contributed by atoms with Crippen molar-refractivity contribution in [3.63, 3.8) is 0 Å². The van der Waals surface area contributed by atoms with E-state index in [4.69, 9.17) is 14.7 Å². The van der Waals surface area contributed by atoms with Gasteiger partial charge in [0.05, 0.1) is 26.3 Å². The number of nitrogens with two attached hydrogens (primary N) is 1. The number of hydrogen-bond acceptors (Lipinski definition) is 4. The van der Waals surface area contributed by atoms with Gasteiger partial charge in [-0.1, -0.05) is 12.1 Å². The molecule has 0 atom stereocenters. The molecule has 0 aliphatic carbocycles. The summed E-state index contributed by atoms with van der Waals surface area (Å²) >= 11 is 0. The van der Waals surface area contributed by atoms with E-state index in [1.807, 2.05) is 24.3 Å². The molecule has 2 aromatic rings. The van der Waals surface area contributed by atoms with Crippen molar-refractivity contribution in [2.75, 3.05) is 20.8 Å². The van der Waals surface area contributed by atoms with Crippen molar-refractivity contribution >= 4 is 0 Å². The molecule has 0 radical (unpaired) electrons. The molecule has 5 nitrogen and oxygen atoms in total. The van der Waals surface area contributed by atoms with Crippen LogP contribution in [0.15, 0.2) is 36.4 Å². The fourth-order valence-electron chi connectivity index (χ4n) is 2.44. The third-order valence-corrected chi connectivity index (χ3v) is 3.70. The molecule has 0 unspecified atom stereocenters. The summed E-state index contributed by atoms with van der Waals surface area (Å²) < 4.78 is 10.6. The van der Waals surface area contributed by atoms with Gasteiger partial charge in [-0.05, 0) is 18.2 Å². The first-order valence-electron chi connectivity index (χ1n) is 7.43. The Bertz CT molecular complexity index is 708. The van der Waals surface area contributed by atoms with Gasteiger partial charge in [0.15, 0.2) is 0 Å². The highest BCUT2D eigenvalue weighted by molar-refractivity contribution is 5.52. The zero-order valence-corrected chi connectivity index (χ0v) is 13.4. The molecule has 120 valence electrons. The predicted octanol–water partition coefficient (Wildman–Crippen LogP) is 1.59. The molecule has 0 saturated heterocycles. The van der Waals surface area contributed by atoms with Crippen LogP contribution in [0.5, 0.6) is 17.2 Å². The second-order valence-corrected chi connectivity index (χ2v) is 5.14. The van der Waals surface area contributed by atoms with Gasteiger partial charge >= 0.3 is 0 Å². The van der Waals surface area contributed by atoms with Crippen LogP contribution in [0, 0.1) is 11.3 Å². The van der Waals surface area contributed by atoms with E-state index in [-0.39, 0.29) is 0 Å². The SMILES string of the molecule is COc1cc(CC[NH2+]Cc2ccccc2O)c(OC)cc1C#N.